The molecular formula is C10H16O4. The lowest BCUT2D eigenvalue weighted by atomic mass is 10.1. The van der Waals surface area contributed by atoms with Crippen LogP contribution in [0.1, 0.15) is 33.6 Å². The third kappa shape index (κ3) is 1.58. The van der Waals surface area contributed by atoms with E-state index in [1.165, 1.54) is 0 Å². The van der Waals surface area contributed by atoms with Crippen LogP contribution < -0.4 is 0 Å². The number of ether oxygens (including phenoxy) is 3. The van der Waals surface area contributed by atoms with Gasteiger partial charge in [0.15, 0.2) is 24.0 Å². The third-order valence-corrected chi connectivity index (χ3v) is 2.50. The number of carbonyl (C=O) groups excluding carboxylic acids is 1. The summed E-state index contributed by atoms with van der Waals surface area (Å²) in [5, 5.41) is 0. The molecule has 14 heavy (non-hydrogen) atoms. The molecule has 0 saturated carbocycles. The second kappa shape index (κ2) is 3.29. The molecule has 3 atom stereocenters. The molecule has 0 aliphatic carbocycles. The van der Waals surface area contributed by atoms with E-state index in [0.717, 1.165) is 12.8 Å². The Labute approximate surface area is 83.5 Å². The van der Waals surface area contributed by atoms with Crippen LogP contribution in [0.25, 0.3) is 0 Å². The van der Waals surface area contributed by atoms with Gasteiger partial charge in [0.2, 0.25) is 0 Å². The first-order valence-electron chi connectivity index (χ1n) is 5.08. The third-order valence-electron chi connectivity index (χ3n) is 2.50. The molecule has 2 aliphatic heterocycles. The number of Topliss-reactive ketones (excluding diaryl/α,β-unsaturated/α-hetero) is 1. The van der Waals surface area contributed by atoms with Crippen LogP contribution in [-0.4, -0.2) is 30.1 Å². The summed E-state index contributed by atoms with van der Waals surface area (Å²) in [5.41, 5.74) is 0. The van der Waals surface area contributed by atoms with Crippen molar-refractivity contribution in [2.24, 2.45) is 0 Å². The number of fused-ring (bicyclic) bond motifs is 1. The van der Waals surface area contributed by atoms with Crippen molar-refractivity contribution in [2.75, 3.05) is 0 Å². The molecule has 0 amide bonds. The van der Waals surface area contributed by atoms with E-state index in [1.54, 1.807) is 13.8 Å². The lowest BCUT2D eigenvalue weighted by Gasteiger charge is -2.19. The van der Waals surface area contributed by atoms with E-state index in [0.29, 0.717) is 0 Å². The molecule has 4 nitrogen and oxygen atoms in total. The van der Waals surface area contributed by atoms with Gasteiger partial charge < -0.3 is 14.2 Å². The van der Waals surface area contributed by atoms with Gasteiger partial charge in [-0.15, -0.1) is 0 Å². The molecule has 80 valence electrons. The molecule has 2 fully saturated rings. The molecule has 0 spiro atoms. The Morgan fingerprint density at radius 2 is 2.07 bits per heavy atom. The van der Waals surface area contributed by atoms with E-state index in [-0.39, 0.29) is 11.9 Å². The quantitative estimate of drug-likeness (QED) is 0.672. The number of carbonyl (C=O) groups is 1. The predicted octanol–water partition coefficient (Wildman–Crippen LogP) is 1.23. The van der Waals surface area contributed by atoms with Crippen molar-refractivity contribution in [3.05, 3.63) is 0 Å². The van der Waals surface area contributed by atoms with E-state index >= 15 is 0 Å². The van der Waals surface area contributed by atoms with Gasteiger partial charge in [0, 0.05) is 0 Å². The first kappa shape index (κ1) is 10.1. The predicted molar refractivity (Wildman–Crippen MR) is 48.6 cm³/mol. The highest BCUT2D eigenvalue weighted by Gasteiger charge is 2.53. The summed E-state index contributed by atoms with van der Waals surface area (Å²) in [6.45, 7) is 5.60. The highest BCUT2D eigenvalue weighted by atomic mass is 16.8. The molecule has 1 unspecified atom stereocenters. The molecule has 0 aromatic heterocycles. The summed E-state index contributed by atoms with van der Waals surface area (Å²) >= 11 is 0. The smallest absolute Gasteiger partial charge is 0.195 e. The van der Waals surface area contributed by atoms with E-state index in [1.807, 2.05) is 6.92 Å². The molecule has 0 bridgehead atoms. The van der Waals surface area contributed by atoms with Crippen LogP contribution in [0.5, 0.6) is 0 Å². The first-order valence-corrected chi connectivity index (χ1v) is 5.08. The zero-order valence-corrected chi connectivity index (χ0v) is 8.78. The Bertz CT molecular complexity index is 249. The van der Waals surface area contributed by atoms with Gasteiger partial charge in [0.05, 0.1) is 0 Å². The molecule has 2 saturated heterocycles. The average Bonchev–Trinajstić information content (AvgIpc) is 2.50. The maximum absolute atomic E-state index is 11.7. The SMILES string of the molecule is CCC[C@H]1O[C@@H]2OC(C)(C)OC2C1=O. The van der Waals surface area contributed by atoms with E-state index in [4.69, 9.17) is 14.2 Å². The van der Waals surface area contributed by atoms with Gasteiger partial charge in [-0.3, -0.25) is 4.79 Å². The number of hydrogen-bond acceptors (Lipinski definition) is 4. The standard InChI is InChI=1S/C10H16O4/c1-4-5-6-7(11)8-9(12-6)14-10(2,3)13-8/h6,8-9H,4-5H2,1-3H3/t6-,8?,9-/m1/s1. The van der Waals surface area contributed by atoms with Crippen LogP contribution >= 0.6 is 0 Å². The van der Waals surface area contributed by atoms with Gasteiger partial charge in [-0.05, 0) is 20.3 Å². The second-order valence-corrected chi connectivity index (χ2v) is 4.24. The first-order chi connectivity index (χ1) is 6.53. The van der Waals surface area contributed by atoms with Crippen LogP contribution in [0.3, 0.4) is 0 Å². The van der Waals surface area contributed by atoms with Crippen molar-refractivity contribution in [1.82, 2.24) is 0 Å². The Morgan fingerprint density at radius 1 is 1.36 bits per heavy atom. The normalized spacial score (nSPS) is 40.2. The minimum atomic E-state index is -0.692. The molecule has 4 heteroatoms. The highest BCUT2D eigenvalue weighted by molar-refractivity contribution is 5.89. The summed E-state index contributed by atoms with van der Waals surface area (Å²) in [4.78, 5) is 11.7. The Morgan fingerprint density at radius 3 is 2.64 bits per heavy atom. The van der Waals surface area contributed by atoms with Gasteiger partial charge in [-0.2, -0.15) is 0 Å². The molecule has 2 heterocycles. The lowest BCUT2D eigenvalue weighted by molar-refractivity contribution is -0.205. The summed E-state index contributed by atoms with van der Waals surface area (Å²) in [6, 6.07) is 0. The largest absolute Gasteiger partial charge is 0.338 e. The highest BCUT2D eigenvalue weighted by Crippen LogP contribution is 2.36. The van der Waals surface area contributed by atoms with Crippen molar-refractivity contribution < 1.29 is 19.0 Å². The van der Waals surface area contributed by atoms with Gasteiger partial charge in [0.1, 0.15) is 6.10 Å². The summed E-state index contributed by atoms with van der Waals surface area (Å²) in [7, 11) is 0. The lowest BCUT2D eigenvalue weighted by Crippen LogP contribution is -2.30. The molecule has 0 aromatic carbocycles. The van der Waals surface area contributed by atoms with Crippen LogP contribution in [0.4, 0.5) is 0 Å². The maximum Gasteiger partial charge on any atom is 0.195 e. The topological polar surface area (TPSA) is 44.8 Å². The van der Waals surface area contributed by atoms with Crippen molar-refractivity contribution in [3.63, 3.8) is 0 Å². The Kier molecular flexibility index (Phi) is 2.37. The minimum absolute atomic E-state index is 0.0300. The van der Waals surface area contributed by atoms with Crippen LogP contribution in [0.15, 0.2) is 0 Å². The van der Waals surface area contributed by atoms with Crippen LogP contribution in [-0.2, 0) is 19.0 Å². The van der Waals surface area contributed by atoms with Gasteiger partial charge in [0.25, 0.3) is 0 Å². The molecular weight excluding hydrogens is 184 g/mol. The van der Waals surface area contributed by atoms with Crippen LogP contribution in [0, 0.1) is 0 Å². The fourth-order valence-corrected chi connectivity index (χ4v) is 1.91. The molecule has 0 aromatic rings. The van der Waals surface area contributed by atoms with Crippen LogP contribution in [0.2, 0.25) is 0 Å². The van der Waals surface area contributed by atoms with E-state index in [9.17, 15) is 4.79 Å². The van der Waals surface area contributed by atoms with Gasteiger partial charge >= 0.3 is 0 Å². The molecule has 2 rings (SSSR count). The monoisotopic (exact) mass is 200 g/mol. The Balaban J connectivity index is 2.04. The zero-order valence-electron chi connectivity index (χ0n) is 8.78. The van der Waals surface area contributed by atoms with E-state index in [2.05, 4.69) is 0 Å². The summed E-state index contributed by atoms with van der Waals surface area (Å²) in [5.74, 6) is -0.662. The molecule has 2 aliphatic rings. The second-order valence-electron chi connectivity index (χ2n) is 4.24. The van der Waals surface area contributed by atoms with Crippen molar-refractivity contribution in [2.45, 2.75) is 57.9 Å². The van der Waals surface area contributed by atoms with Gasteiger partial charge in [-0.25, -0.2) is 0 Å². The molecule has 0 radical (unpaired) electrons. The summed E-state index contributed by atoms with van der Waals surface area (Å²) in [6.07, 6.45) is 0.347. The Hall–Kier alpha value is -0.450. The maximum atomic E-state index is 11.7. The fraction of sp³-hybridized carbons (Fsp3) is 0.900. The zero-order chi connectivity index (χ0) is 10.3. The van der Waals surface area contributed by atoms with Crippen molar-refractivity contribution in [3.8, 4) is 0 Å². The molecule has 0 N–H and O–H groups in total. The van der Waals surface area contributed by atoms with E-state index < -0.39 is 18.2 Å². The average molecular weight is 200 g/mol. The summed E-state index contributed by atoms with van der Waals surface area (Å²) < 4.78 is 16.4. The van der Waals surface area contributed by atoms with Crippen molar-refractivity contribution in [1.29, 1.82) is 0 Å². The van der Waals surface area contributed by atoms with Gasteiger partial charge in [-0.1, -0.05) is 13.3 Å². The fourth-order valence-electron chi connectivity index (χ4n) is 1.91. The number of hydrogen-bond donors (Lipinski definition) is 0. The van der Waals surface area contributed by atoms with Crippen molar-refractivity contribution >= 4 is 5.78 Å². The number of ketones is 1. The minimum Gasteiger partial charge on any atom is -0.338 e. The number of rotatable bonds is 2.